The predicted molar refractivity (Wildman–Crippen MR) is 89.9 cm³/mol. The van der Waals surface area contributed by atoms with E-state index in [1.165, 1.54) is 11.1 Å². The van der Waals surface area contributed by atoms with Gasteiger partial charge in [0.2, 0.25) is 5.88 Å². The maximum Gasteiger partial charge on any atom is 0.219 e. The van der Waals surface area contributed by atoms with E-state index in [2.05, 4.69) is 46.1 Å². The molecule has 0 saturated heterocycles. The van der Waals surface area contributed by atoms with Crippen LogP contribution in [0.2, 0.25) is 0 Å². The molecule has 0 bridgehead atoms. The summed E-state index contributed by atoms with van der Waals surface area (Å²) in [5, 5.41) is 3.17. The van der Waals surface area contributed by atoms with Gasteiger partial charge in [0, 0.05) is 18.3 Å². The van der Waals surface area contributed by atoms with Gasteiger partial charge in [-0.3, -0.25) is 0 Å². The maximum absolute atomic E-state index is 5.95. The van der Waals surface area contributed by atoms with Gasteiger partial charge in [0.15, 0.2) is 0 Å². The lowest BCUT2D eigenvalue weighted by molar-refractivity contribution is 0.456. The van der Waals surface area contributed by atoms with Crippen molar-refractivity contribution >= 4 is 15.9 Å². The van der Waals surface area contributed by atoms with Gasteiger partial charge in [-0.25, -0.2) is 4.98 Å². The Morgan fingerprint density at radius 2 is 2.05 bits per heavy atom. The minimum absolute atomic E-state index is 0.649. The standard InChI is InChI=1S/C17H21BrN2O/c1-4-5-14-9-13(11-19-3)10-17(20-14)21-16-7-6-12(2)8-15(16)18/h6-10,19H,4-5,11H2,1-3H3. The molecule has 3 nitrogen and oxygen atoms in total. The summed E-state index contributed by atoms with van der Waals surface area (Å²) in [7, 11) is 1.94. The van der Waals surface area contributed by atoms with Crippen molar-refractivity contribution in [2.45, 2.75) is 33.2 Å². The Labute approximate surface area is 134 Å². The molecule has 1 heterocycles. The molecule has 0 aliphatic heterocycles. The fraction of sp³-hybridized carbons (Fsp3) is 0.353. The Bertz CT molecular complexity index is 589. The number of hydrogen-bond donors (Lipinski definition) is 1. The van der Waals surface area contributed by atoms with Crippen molar-refractivity contribution in [1.29, 1.82) is 0 Å². The second-order valence-corrected chi connectivity index (χ2v) is 5.98. The number of ether oxygens (including phenoxy) is 1. The highest BCUT2D eigenvalue weighted by Gasteiger charge is 2.07. The third kappa shape index (κ3) is 4.55. The zero-order valence-corrected chi connectivity index (χ0v) is 14.3. The van der Waals surface area contributed by atoms with Crippen LogP contribution in [0.3, 0.4) is 0 Å². The zero-order valence-electron chi connectivity index (χ0n) is 12.7. The summed E-state index contributed by atoms with van der Waals surface area (Å²) in [6.45, 7) is 5.02. The Hall–Kier alpha value is -1.39. The summed E-state index contributed by atoms with van der Waals surface area (Å²) in [6, 6.07) is 10.2. The van der Waals surface area contributed by atoms with Gasteiger partial charge in [0.25, 0.3) is 0 Å². The van der Waals surface area contributed by atoms with Gasteiger partial charge in [0.05, 0.1) is 4.47 Å². The molecule has 21 heavy (non-hydrogen) atoms. The lowest BCUT2D eigenvalue weighted by Gasteiger charge is -2.11. The molecule has 2 aromatic rings. The van der Waals surface area contributed by atoms with E-state index in [-0.39, 0.29) is 0 Å². The first-order chi connectivity index (χ1) is 10.1. The molecule has 0 amide bonds. The van der Waals surface area contributed by atoms with E-state index < -0.39 is 0 Å². The second kappa shape index (κ2) is 7.57. The minimum Gasteiger partial charge on any atom is -0.438 e. The minimum atomic E-state index is 0.649. The Morgan fingerprint density at radius 3 is 2.71 bits per heavy atom. The molecule has 1 aromatic carbocycles. The van der Waals surface area contributed by atoms with Crippen LogP contribution in [0.4, 0.5) is 0 Å². The molecule has 112 valence electrons. The molecule has 0 saturated carbocycles. The highest BCUT2D eigenvalue weighted by Crippen LogP contribution is 2.30. The Balaban J connectivity index is 2.29. The van der Waals surface area contributed by atoms with E-state index in [4.69, 9.17) is 4.74 Å². The van der Waals surface area contributed by atoms with E-state index in [0.29, 0.717) is 5.88 Å². The molecular formula is C17H21BrN2O. The quantitative estimate of drug-likeness (QED) is 0.827. The van der Waals surface area contributed by atoms with Crippen LogP contribution in [0.1, 0.15) is 30.2 Å². The average molecular weight is 349 g/mol. The summed E-state index contributed by atoms with van der Waals surface area (Å²) < 4.78 is 6.90. The number of aromatic nitrogens is 1. The van der Waals surface area contributed by atoms with Gasteiger partial charge < -0.3 is 10.1 Å². The molecule has 0 aliphatic carbocycles. The predicted octanol–water partition coefficient (Wildman–Crippen LogP) is 4.62. The fourth-order valence-corrected chi connectivity index (χ4v) is 2.74. The number of aryl methyl sites for hydroxylation is 2. The van der Waals surface area contributed by atoms with Crippen LogP contribution in [0, 0.1) is 6.92 Å². The first-order valence-electron chi connectivity index (χ1n) is 7.20. The molecule has 0 radical (unpaired) electrons. The molecular weight excluding hydrogens is 328 g/mol. The van der Waals surface area contributed by atoms with E-state index in [1.807, 2.05) is 31.3 Å². The number of benzene rings is 1. The normalized spacial score (nSPS) is 10.7. The highest BCUT2D eigenvalue weighted by atomic mass is 79.9. The largest absolute Gasteiger partial charge is 0.438 e. The van der Waals surface area contributed by atoms with Gasteiger partial charge in [-0.1, -0.05) is 19.4 Å². The third-order valence-corrected chi connectivity index (χ3v) is 3.72. The molecule has 0 fully saturated rings. The summed E-state index contributed by atoms with van der Waals surface area (Å²) >= 11 is 3.54. The first-order valence-corrected chi connectivity index (χ1v) is 8.00. The van der Waals surface area contributed by atoms with E-state index >= 15 is 0 Å². The lowest BCUT2D eigenvalue weighted by Crippen LogP contribution is -2.06. The average Bonchev–Trinajstić information content (AvgIpc) is 2.42. The van der Waals surface area contributed by atoms with E-state index in [0.717, 1.165) is 35.3 Å². The van der Waals surface area contributed by atoms with Crippen molar-refractivity contribution in [3.05, 3.63) is 51.6 Å². The van der Waals surface area contributed by atoms with Crippen molar-refractivity contribution in [2.75, 3.05) is 7.05 Å². The summed E-state index contributed by atoms with van der Waals surface area (Å²) in [4.78, 5) is 4.59. The molecule has 2 rings (SSSR count). The van der Waals surface area contributed by atoms with Crippen molar-refractivity contribution in [1.82, 2.24) is 10.3 Å². The van der Waals surface area contributed by atoms with Crippen LogP contribution < -0.4 is 10.1 Å². The number of hydrogen-bond acceptors (Lipinski definition) is 3. The number of halogens is 1. The van der Waals surface area contributed by atoms with Gasteiger partial charge in [-0.05, 0) is 65.6 Å². The van der Waals surface area contributed by atoms with Crippen molar-refractivity contribution < 1.29 is 4.74 Å². The monoisotopic (exact) mass is 348 g/mol. The van der Waals surface area contributed by atoms with Crippen LogP contribution in [-0.2, 0) is 13.0 Å². The molecule has 0 aliphatic rings. The Kier molecular flexibility index (Phi) is 5.76. The van der Waals surface area contributed by atoms with Crippen LogP contribution in [0.15, 0.2) is 34.8 Å². The van der Waals surface area contributed by atoms with Crippen molar-refractivity contribution in [2.24, 2.45) is 0 Å². The smallest absolute Gasteiger partial charge is 0.219 e. The summed E-state index contributed by atoms with van der Waals surface area (Å²) in [5.74, 6) is 1.44. The molecule has 0 atom stereocenters. The van der Waals surface area contributed by atoms with Crippen LogP contribution >= 0.6 is 15.9 Å². The van der Waals surface area contributed by atoms with Gasteiger partial charge in [-0.2, -0.15) is 0 Å². The number of rotatable bonds is 6. The molecule has 0 spiro atoms. The second-order valence-electron chi connectivity index (χ2n) is 5.12. The third-order valence-electron chi connectivity index (χ3n) is 3.10. The Morgan fingerprint density at radius 1 is 1.24 bits per heavy atom. The maximum atomic E-state index is 5.95. The molecule has 1 aromatic heterocycles. The lowest BCUT2D eigenvalue weighted by atomic mass is 10.1. The van der Waals surface area contributed by atoms with Crippen LogP contribution in [0.25, 0.3) is 0 Å². The van der Waals surface area contributed by atoms with Gasteiger partial charge >= 0.3 is 0 Å². The van der Waals surface area contributed by atoms with Crippen molar-refractivity contribution in [3.63, 3.8) is 0 Å². The first kappa shape index (κ1) is 16.0. The topological polar surface area (TPSA) is 34.1 Å². The number of nitrogens with zero attached hydrogens (tertiary/aromatic N) is 1. The molecule has 0 unspecified atom stereocenters. The van der Waals surface area contributed by atoms with Crippen LogP contribution in [-0.4, -0.2) is 12.0 Å². The molecule has 4 heteroatoms. The van der Waals surface area contributed by atoms with Crippen molar-refractivity contribution in [3.8, 4) is 11.6 Å². The molecule has 1 N–H and O–H groups in total. The van der Waals surface area contributed by atoms with E-state index in [1.54, 1.807) is 0 Å². The fourth-order valence-electron chi connectivity index (χ4n) is 2.16. The summed E-state index contributed by atoms with van der Waals surface area (Å²) in [6.07, 6.45) is 2.03. The van der Waals surface area contributed by atoms with Gasteiger partial charge in [0.1, 0.15) is 5.75 Å². The number of nitrogens with one attached hydrogen (secondary N) is 1. The van der Waals surface area contributed by atoms with Crippen LogP contribution in [0.5, 0.6) is 11.6 Å². The van der Waals surface area contributed by atoms with Gasteiger partial charge in [-0.15, -0.1) is 0 Å². The SMILES string of the molecule is CCCc1cc(CNC)cc(Oc2ccc(C)cc2Br)n1. The summed E-state index contributed by atoms with van der Waals surface area (Å²) in [5.41, 5.74) is 3.45. The zero-order chi connectivity index (χ0) is 15.2. The highest BCUT2D eigenvalue weighted by molar-refractivity contribution is 9.10. The number of pyridine rings is 1. The van der Waals surface area contributed by atoms with E-state index in [9.17, 15) is 0 Å².